The van der Waals surface area contributed by atoms with E-state index in [9.17, 15) is 9.18 Å². The fourth-order valence-electron chi connectivity index (χ4n) is 2.14. The van der Waals surface area contributed by atoms with Crippen LogP contribution >= 0.6 is 36.0 Å². The quantitative estimate of drug-likeness (QED) is 0.604. The first-order valence-corrected chi connectivity index (χ1v) is 9.73. The fraction of sp³-hybridized carbons (Fsp3) is 0.263. The van der Waals surface area contributed by atoms with Crippen molar-refractivity contribution in [2.75, 3.05) is 0 Å². The predicted molar refractivity (Wildman–Crippen MR) is 114 cm³/mol. The lowest BCUT2D eigenvalue weighted by Crippen LogP contribution is -2.33. The van der Waals surface area contributed by atoms with E-state index >= 15 is 0 Å². The molecule has 0 aliphatic carbocycles. The number of aliphatic imine (C=N–C) groups is 1. The van der Waals surface area contributed by atoms with Crippen LogP contribution in [0.2, 0.25) is 5.02 Å². The van der Waals surface area contributed by atoms with Gasteiger partial charge in [-0.25, -0.2) is 9.38 Å². The number of thioether (sulfide) groups is 1. The predicted octanol–water partition coefficient (Wildman–Crippen LogP) is 5.76. The lowest BCUT2D eigenvalue weighted by molar-refractivity contribution is -0.115. The number of rotatable bonds is 5. The van der Waals surface area contributed by atoms with Crippen LogP contribution in [0.1, 0.15) is 27.2 Å². The highest BCUT2D eigenvalue weighted by Gasteiger charge is 2.25. The Morgan fingerprint density at radius 3 is 2.65 bits per heavy atom. The molecule has 0 saturated heterocycles. The van der Waals surface area contributed by atoms with E-state index in [0.29, 0.717) is 17.0 Å². The van der Waals surface area contributed by atoms with Gasteiger partial charge in [0.05, 0.1) is 0 Å². The van der Waals surface area contributed by atoms with Crippen LogP contribution in [0.5, 0.6) is 0 Å². The molecule has 1 heterocycles. The Kier molecular flexibility index (Phi) is 9.76. The van der Waals surface area contributed by atoms with Gasteiger partial charge in [-0.3, -0.25) is 4.79 Å². The average Bonchev–Trinajstić information content (AvgIpc) is 2.59. The molecular weight excluding hydrogens is 391 g/mol. The third-order valence-electron chi connectivity index (χ3n) is 3.33. The van der Waals surface area contributed by atoms with Crippen molar-refractivity contribution in [3.8, 4) is 0 Å². The topological polar surface area (TPSA) is 41.5 Å². The summed E-state index contributed by atoms with van der Waals surface area (Å²) in [6, 6.07) is 5.82. The zero-order valence-electron chi connectivity index (χ0n) is 14.9. The summed E-state index contributed by atoms with van der Waals surface area (Å²) in [6.45, 7) is 9.35. The molecule has 0 radical (unpaired) electrons. The number of carbonyl (C=O) groups excluding carboxylic acids is 1. The minimum atomic E-state index is -0.394. The van der Waals surface area contributed by atoms with Crippen molar-refractivity contribution in [1.29, 1.82) is 0 Å². The molecule has 1 unspecified atom stereocenters. The second-order valence-electron chi connectivity index (χ2n) is 5.17. The monoisotopic (exact) mass is 412 g/mol. The molecule has 7 heteroatoms. The molecule has 0 fully saturated rings. The van der Waals surface area contributed by atoms with Crippen molar-refractivity contribution in [2.45, 2.75) is 32.6 Å². The summed E-state index contributed by atoms with van der Waals surface area (Å²) in [5, 5.41) is 4.96. The van der Waals surface area contributed by atoms with E-state index in [2.05, 4.69) is 29.5 Å². The Morgan fingerprint density at radius 1 is 1.54 bits per heavy atom. The van der Waals surface area contributed by atoms with E-state index < -0.39 is 5.37 Å². The molecule has 1 atom stereocenters. The summed E-state index contributed by atoms with van der Waals surface area (Å²) in [4.78, 5) is 17.2. The molecule has 1 N–H and O–H groups in total. The van der Waals surface area contributed by atoms with Crippen LogP contribution < -0.4 is 5.32 Å². The number of hydrogen-bond donors (Lipinski definition) is 2. The highest BCUT2D eigenvalue weighted by Crippen LogP contribution is 2.25. The highest BCUT2D eigenvalue weighted by molar-refractivity contribution is 8.06. The first-order chi connectivity index (χ1) is 12.3. The van der Waals surface area contributed by atoms with Crippen LogP contribution in [0.15, 0.2) is 63.5 Å². The van der Waals surface area contributed by atoms with Gasteiger partial charge in [-0.1, -0.05) is 49.0 Å². The zero-order chi connectivity index (χ0) is 19.7. The Hall–Kier alpha value is -1.50. The van der Waals surface area contributed by atoms with Gasteiger partial charge in [-0.15, -0.1) is 12.6 Å². The van der Waals surface area contributed by atoms with Gasteiger partial charge in [0.25, 0.3) is 0 Å². The molecule has 26 heavy (non-hydrogen) atoms. The molecule has 2 rings (SSSR count). The number of Topliss-reactive ketones (excluding diaryl/α,β-unsaturated/α-hetero) is 1. The number of hydrogen-bond acceptors (Lipinski definition) is 5. The van der Waals surface area contributed by atoms with E-state index in [1.807, 2.05) is 26.8 Å². The minimum absolute atomic E-state index is 0.0844. The largest absolute Gasteiger partial charge is 0.343 e. The summed E-state index contributed by atoms with van der Waals surface area (Å²) in [7, 11) is 0. The van der Waals surface area contributed by atoms with Crippen LogP contribution in [0.4, 0.5) is 4.39 Å². The van der Waals surface area contributed by atoms with Gasteiger partial charge in [-0.05, 0) is 37.5 Å². The van der Waals surface area contributed by atoms with Crippen molar-refractivity contribution < 1.29 is 9.18 Å². The van der Waals surface area contributed by atoms with Crippen LogP contribution in [-0.2, 0) is 4.79 Å². The van der Waals surface area contributed by atoms with Crippen molar-refractivity contribution >= 4 is 47.6 Å². The van der Waals surface area contributed by atoms with Crippen molar-refractivity contribution in [1.82, 2.24) is 5.32 Å². The molecule has 1 aromatic rings. The van der Waals surface area contributed by atoms with E-state index in [0.717, 1.165) is 16.4 Å². The van der Waals surface area contributed by atoms with E-state index in [4.69, 9.17) is 11.6 Å². The summed E-state index contributed by atoms with van der Waals surface area (Å²) < 4.78 is 12.1. The second kappa shape index (κ2) is 11.3. The highest BCUT2D eigenvalue weighted by atomic mass is 35.5. The third kappa shape index (κ3) is 6.67. The zero-order valence-corrected chi connectivity index (χ0v) is 17.4. The Bertz CT molecular complexity index is 742. The van der Waals surface area contributed by atoms with Gasteiger partial charge in [0.15, 0.2) is 5.78 Å². The maximum Gasteiger partial charge on any atom is 0.163 e. The Balaban J connectivity index is 0.000000350. The van der Waals surface area contributed by atoms with Crippen LogP contribution in [0, 0.1) is 5.82 Å². The number of nitrogens with one attached hydrogen (secondary N) is 1. The van der Waals surface area contributed by atoms with E-state index in [1.165, 1.54) is 23.9 Å². The number of nitrogens with zero attached hydrogens (tertiary/aromatic N) is 1. The first-order valence-electron chi connectivity index (χ1n) is 7.96. The first kappa shape index (κ1) is 22.5. The van der Waals surface area contributed by atoms with Gasteiger partial charge in [0.1, 0.15) is 17.0 Å². The number of amidine groups is 1. The normalized spacial score (nSPS) is 16.9. The van der Waals surface area contributed by atoms with Crippen LogP contribution in [0.3, 0.4) is 0 Å². The van der Waals surface area contributed by atoms with E-state index in [-0.39, 0.29) is 11.6 Å². The van der Waals surface area contributed by atoms with Crippen molar-refractivity contribution in [3.63, 3.8) is 0 Å². The van der Waals surface area contributed by atoms with Crippen LogP contribution in [-0.4, -0.2) is 17.0 Å². The minimum Gasteiger partial charge on any atom is -0.343 e. The third-order valence-corrected chi connectivity index (χ3v) is 4.79. The lowest BCUT2D eigenvalue weighted by Gasteiger charge is -2.23. The molecule has 0 bridgehead atoms. The maximum absolute atomic E-state index is 12.1. The summed E-state index contributed by atoms with van der Waals surface area (Å²) in [5.41, 5.74) is 1.49. The molecule has 1 aliphatic heterocycles. The number of ketones is 1. The lowest BCUT2D eigenvalue weighted by atomic mass is 10.1. The number of halogens is 2. The maximum atomic E-state index is 12.1. The molecular formula is C19H22ClFN2OS2. The molecule has 3 nitrogen and oxygen atoms in total. The smallest absolute Gasteiger partial charge is 0.163 e. The molecule has 0 aromatic heterocycles. The summed E-state index contributed by atoms with van der Waals surface area (Å²) >= 11 is 11.3. The van der Waals surface area contributed by atoms with Gasteiger partial charge in [-0.2, -0.15) is 0 Å². The van der Waals surface area contributed by atoms with Gasteiger partial charge in [0, 0.05) is 27.6 Å². The van der Waals surface area contributed by atoms with Gasteiger partial charge < -0.3 is 5.32 Å². The molecule has 0 spiro atoms. The van der Waals surface area contributed by atoms with Gasteiger partial charge in [0.2, 0.25) is 0 Å². The fourth-order valence-corrected chi connectivity index (χ4v) is 3.30. The Labute approximate surface area is 168 Å². The number of allylic oxidation sites excluding steroid dienone is 2. The van der Waals surface area contributed by atoms with E-state index in [1.54, 1.807) is 17.5 Å². The molecule has 0 amide bonds. The second-order valence-corrected chi connectivity index (χ2v) is 7.10. The van der Waals surface area contributed by atoms with Crippen LogP contribution in [0.25, 0.3) is 0 Å². The summed E-state index contributed by atoms with van der Waals surface area (Å²) in [5.74, 6) is 0.534. The van der Waals surface area contributed by atoms with Crippen molar-refractivity contribution in [3.05, 3.63) is 69.3 Å². The average molecular weight is 413 g/mol. The molecule has 1 aromatic carbocycles. The summed E-state index contributed by atoms with van der Waals surface area (Å²) in [6.07, 6.45) is 2.42. The molecule has 140 valence electrons. The van der Waals surface area contributed by atoms with Gasteiger partial charge >= 0.3 is 0 Å². The Morgan fingerprint density at radius 2 is 2.23 bits per heavy atom. The number of thiol groups is 1. The van der Waals surface area contributed by atoms with Crippen molar-refractivity contribution in [2.24, 2.45) is 4.99 Å². The standard InChI is InChI=1S/C13H18N2OS2.C6H4ClF/c1-5-9(16)11-8(4)14-12(15-13(11)17)10(6-2)18-7-3;7-5-2-1-3-6(8)4-5/h6-7,13,17H,3,5H2,1-2,4H3,(H,14,15);1-4H/b10-6-;. The SMILES string of the molecule is C=CS/C(=C\C)C1=NC(S)C(C(=O)CC)=C(C)N1.Fc1cccc(Cl)c1. The number of carbonyl (C=O) groups is 1. The molecule has 1 aliphatic rings. The molecule has 0 saturated carbocycles. The number of benzene rings is 1.